The van der Waals surface area contributed by atoms with E-state index in [9.17, 15) is 0 Å². The van der Waals surface area contributed by atoms with Gasteiger partial charge < -0.3 is 0 Å². The van der Waals surface area contributed by atoms with Crippen LogP contribution in [0.4, 0.5) is 0 Å². The van der Waals surface area contributed by atoms with Gasteiger partial charge in [-0.3, -0.25) is 0 Å². The first-order chi connectivity index (χ1) is 4.45. The maximum atomic E-state index is 3.20. The molecule has 42 valence electrons. The van der Waals surface area contributed by atoms with E-state index in [-0.39, 0.29) is 0 Å². The fraction of sp³-hybridized carbons (Fsp3) is 0. The second-order valence-electron chi connectivity index (χ2n) is 2.09. The van der Waals surface area contributed by atoms with Gasteiger partial charge in [-0.25, -0.2) is 0 Å². The lowest BCUT2D eigenvalue weighted by molar-refractivity contribution is 1.79. The van der Waals surface area contributed by atoms with Crippen molar-refractivity contribution in [3.8, 4) is 0 Å². The van der Waals surface area contributed by atoms with Gasteiger partial charge in [0.2, 0.25) is 0 Å². The van der Waals surface area contributed by atoms with E-state index in [0.29, 0.717) is 0 Å². The van der Waals surface area contributed by atoms with Crippen molar-refractivity contribution in [3.63, 3.8) is 0 Å². The van der Waals surface area contributed by atoms with E-state index in [1.165, 1.54) is 11.1 Å². The average molecular weight is 114 g/mol. The zero-order valence-corrected chi connectivity index (χ0v) is 4.96. The highest BCUT2D eigenvalue weighted by atomic mass is 14.0. The van der Waals surface area contributed by atoms with Crippen LogP contribution in [0.5, 0.6) is 0 Å². The van der Waals surface area contributed by atoms with Crippen LogP contribution in [0.3, 0.4) is 0 Å². The molecule has 0 bridgehead atoms. The van der Waals surface area contributed by atoms with Crippen molar-refractivity contribution < 1.29 is 0 Å². The Hall–Kier alpha value is -1.26. The highest BCUT2D eigenvalue weighted by Crippen LogP contribution is 2.14. The topological polar surface area (TPSA) is 0 Å². The molecule has 2 aliphatic rings. The molecule has 0 unspecified atom stereocenters. The van der Waals surface area contributed by atoms with Crippen molar-refractivity contribution in [2.45, 2.75) is 0 Å². The Balaban J connectivity index is 2.41. The largest absolute Gasteiger partial charge is 0.105 e. The molecular formula is C9H6. The fourth-order valence-corrected chi connectivity index (χ4v) is 0.749. The maximum Gasteiger partial charge on any atom is 0.0171 e. The Morgan fingerprint density at radius 1 is 0.778 bits per heavy atom. The molecule has 0 fully saturated rings. The smallest absolute Gasteiger partial charge is 0.0171 e. The molecule has 0 nitrogen and oxygen atoms in total. The summed E-state index contributed by atoms with van der Waals surface area (Å²) in [5.41, 5.74) is 5.60. The third kappa shape index (κ3) is 0.933. The quantitative estimate of drug-likeness (QED) is 0.423. The lowest BCUT2D eigenvalue weighted by Crippen LogP contribution is -1.57. The summed E-state index contributed by atoms with van der Waals surface area (Å²) in [6.07, 6.45) is 12.2. The summed E-state index contributed by atoms with van der Waals surface area (Å²) in [4.78, 5) is 0. The molecule has 0 heteroatoms. The van der Waals surface area contributed by atoms with Gasteiger partial charge in [0.1, 0.15) is 0 Å². The molecule has 0 aromatic rings. The zero-order chi connectivity index (χ0) is 6.10. The molecule has 0 saturated carbocycles. The number of allylic oxidation sites excluding steroid dienone is 7. The molecule has 0 saturated heterocycles. The van der Waals surface area contributed by atoms with Gasteiger partial charge in [0.25, 0.3) is 0 Å². The highest BCUT2D eigenvalue weighted by Gasteiger charge is 1.96. The zero-order valence-electron chi connectivity index (χ0n) is 4.96. The molecule has 0 aliphatic heterocycles. The Morgan fingerprint density at radius 3 is 1.89 bits per heavy atom. The summed E-state index contributed by atoms with van der Waals surface area (Å²) in [6.45, 7) is 0. The van der Waals surface area contributed by atoms with Crippen LogP contribution in [-0.2, 0) is 0 Å². The van der Waals surface area contributed by atoms with Crippen LogP contribution >= 0.6 is 0 Å². The summed E-state index contributed by atoms with van der Waals surface area (Å²) in [5, 5.41) is 0. The van der Waals surface area contributed by atoms with Crippen molar-refractivity contribution in [2.75, 3.05) is 0 Å². The van der Waals surface area contributed by atoms with Gasteiger partial charge in [-0.05, 0) is 24.3 Å². The number of hydrogen-bond donors (Lipinski definition) is 0. The van der Waals surface area contributed by atoms with Crippen LogP contribution in [0.2, 0.25) is 0 Å². The van der Waals surface area contributed by atoms with Gasteiger partial charge in [-0.2, -0.15) is 0 Å². The van der Waals surface area contributed by atoms with Gasteiger partial charge >= 0.3 is 0 Å². The molecule has 9 heavy (non-hydrogen) atoms. The molecule has 0 atom stereocenters. The predicted octanol–water partition coefficient (Wildman–Crippen LogP) is 2.13. The molecule has 0 N–H and O–H groups in total. The van der Waals surface area contributed by atoms with E-state index < -0.39 is 0 Å². The summed E-state index contributed by atoms with van der Waals surface area (Å²) >= 11 is 0. The predicted molar refractivity (Wildman–Crippen MR) is 38.0 cm³/mol. The molecule has 0 heterocycles. The standard InChI is InChI=1S/C9H6/c1-2-4-8(3-1)7-9-5-6-9/h1-6H. The molecule has 0 spiro atoms. The third-order valence-corrected chi connectivity index (χ3v) is 1.28. The van der Waals surface area contributed by atoms with E-state index in [2.05, 4.69) is 5.73 Å². The lowest BCUT2D eigenvalue weighted by atomic mass is 10.3. The second-order valence-corrected chi connectivity index (χ2v) is 2.09. The Kier molecular flexibility index (Phi) is 0.824. The first-order valence-electron chi connectivity index (χ1n) is 2.99. The minimum absolute atomic E-state index is 1.18. The van der Waals surface area contributed by atoms with Crippen molar-refractivity contribution >= 4 is 0 Å². The molecule has 0 amide bonds. The number of rotatable bonds is 0. The Morgan fingerprint density at radius 2 is 1.33 bits per heavy atom. The van der Waals surface area contributed by atoms with Crippen LogP contribution < -0.4 is 0 Å². The second kappa shape index (κ2) is 1.61. The maximum absolute atomic E-state index is 3.20. The Labute approximate surface area is 54.2 Å². The molecular weight excluding hydrogens is 108 g/mol. The lowest BCUT2D eigenvalue weighted by Gasteiger charge is -1.75. The van der Waals surface area contributed by atoms with Crippen LogP contribution in [0.1, 0.15) is 0 Å². The molecule has 2 rings (SSSR count). The highest BCUT2D eigenvalue weighted by molar-refractivity contribution is 5.50. The minimum Gasteiger partial charge on any atom is -0.105 e. The van der Waals surface area contributed by atoms with Gasteiger partial charge in [-0.1, -0.05) is 12.2 Å². The molecule has 0 aromatic heterocycles. The summed E-state index contributed by atoms with van der Waals surface area (Å²) in [5.74, 6) is 0. The normalized spacial score (nSPS) is 19.1. The van der Waals surface area contributed by atoms with E-state index in [4.69, 9.17) is 0 Å². The van der Waals surface area contributed by atoms with Crippen molar-refractivity contribution in [1.82, 2.24) is 0 Å². The van der Waals surface area contributed by atoms with Crippen molar-refractivity contribution in [2.24, 2.45) is 0 Å². The van der Waals surface area contributed by atoms with E-state index in [1.54, 1.807) is 0 Å². The van der Waals surface area contributed by atoms with Crippen LogP contribution in [-0.4, -0.2) is 0 Å². The van der Waals surface area contributed by atoms with Gasteiger partial charge in [0.05, 0.1) is 0 Å². The van der Waals surface area contributed by atoms with Crippen LogP contribution in [0, 0.1) is 0 Å². The first-order valence-corrected chi connectivity index (χ1v) is 2.99. The Bertz CT molecular complexity index is 257. The SMILES string of the molecule is C(=C1C=CC=C1)=C1C=C1. The fourth-order valence-electron chi connectivity index (χ4n) is 0.749. The van der Waals surface area contributed by atoms with Crippen LogP contribution in [0.25, 0.3) is 0 Å². The summed E-state index contributed by atoms with van der Waals surface area (Å²) in [6, 6.07) is 0. The molecule has 0 radical (unpaired) electrons. The van der Waals surface area contributed by atoms with E-state index >= 15 is 0 Å². The summed E-state index contributed by atoms with van der Waals surface area (Å²) < 4.78 is 0. The van der Waals surface area contributed by atoms with Crippen LogP contribution in [0.15, 0.2) is 53.3 Å². The monoisotopic (exact) mass is 114 g/mol. The minimum atomic E-state index is 1.18. The third-order valence-electron chi connectivity index (χ3n) is 1.28. The molecule has 0 aromatic carbocycles. The van der Waals surface area contributed by atoms with Gasteiger partial charge in [-0.15, -0.1) is 5.73 Å². The van der Waals surface area contributed by atoms with E-state index in [0.717, 1.165) is 0 Å². The van der Waals surface area contributed by atoms with Crippen molar-refractivity contribution in [1.29, 1.82) is 0 Å². The summed E-state index contributed by atoms with van der Waals surface area (Å²) in [7, 11) is 0. The average Bonchev–Trinajstić information content (AvgIpc) is 2.46. The van der Waals surface area contributed by atoms with Gasteiger partial charge in [0, 0.05) is 11.1 Å². The van der Waals surface area contributed by atoms with E-state index in [1.807, 2.05) is 36.5 Å². The first kappa shape index (κ1) is 4.60. The molecule has 2 aliphatic carbocycles. The van der Waals surface area contributed by atoms with Gasteiger partial charge in [0.15, 0.2) is 0 Å². The van der Waals surface area contributed by atoms with Crippen molar-refractivity contribution in [3.05, 3.63) is 53.3 Å². The number of hydrogen-bond acceptors (Lipinski definition) is 0.